The van der Waals surface area contributed by atoms with Gasteiger partial charge in [-0.15, -0.1) is 0 Å². The van der Waals surface area contributed by atoms with Gasteiger partial charge in [-0.3, -0.25) is 4.57 Å². The van der Waals surface area contributed by atoms with Crippen molar-refractivity contribution < 1.29 is 27.4 Å². The molecule has 0 saturated carbocycles. The molecule has 3 aromatic rings. The summed E-state index contributed by atoms with van der Waals surface area (Å²) in [7, 11) is 1.32. The minimum Gasteiger partial charge on any atom is -0.476 e. The lowest BCUT2D eigenvalue weighted by Crippen LogP contribution is -2.39. The number of hydrogen-bond acceptors (Lipinski definition) is 5. The number of aromatic nitrogens is 3. The van der Waals surface area contributed by atoms with Gasteiger partial charge in [0.1, 0.15) is 11.6 Å². The average Bonchev–Trinajstić information content (AvgIpc) is 3.20. The van der Waals surface area contributed by atoms with E-state index in [1.165, 1.54) is 17.9 Å². The van der Waals surface area contributed by atoms with Gasteiger partial charge in [0, 0.05) is 13.0 Å². The van der Waals surface area contributed by atoms with Gasteiger partial charge in [-0.1, -0.05) is 50.5 Å². The van der Waals surface area contributed by atoms with E-state index in [0.717, 1.165) is 56.2 Å². The number of methoxy groups -OCH3 is 1. The van der Waals surface area contributed by atoms with E-state index < -0.39 is 23.3 Å². The first-order valence-corrected chi connectivity index (χ1v) is 13.6. The summed E-state index contributed by atoms with van der Waals surface area (Å²) < 4.78 is 52.9. The molecule has 0 bridgehead atoms. The summed E-state index contributed by atoms with van der Waals surface area (Å²) in [4.78, 5) is 25.1. The van der Waals surface area contributed by atoms with Crippen LogP contribution in [0.5, 0.6) is 5.75 Å². The van der Waals surface area contributed by atoms with Crippen molar-refractivity contribution in [2.75, 3.05) is 7.11 Å². The number of unbranched alkanes of at least 4 members (excludes halogenated alkanes) is 3. The number of nitrogens with zero attached hydrogens (tertiary/aromatic N) is 3. The highest BCUT2D eigenvalue weighted by molar-refractivity contribution is 5.78. The Balaban J connectivity index is 1.70. The molecule has 10 heteroatoms. The van der Waals surface area contributed by atoms with Crippen molar-refractivity contribution >= 4 is 5.97 Å². The van der Waals surface area contributed by atoms with E-state index in [2.05, 4.69) is 12.0 Å². The molecule has 1 heterocycles. The number of halogens is 3. The third-order valence-electron chi connectivity index (χ3n) is 6.66. The fourth-order valence-corrected chi connectivity index (χ4v) is 4.47. The Morgan fingerprint density at radius 1 is 0.950 bits per heavy atom. The monoisotopic (exact) mass is 561 g/mol. The molecule has 1 aromatic heterocycles. The average molecular weight is 562 g/mol. The summed E-state index contributed by atoms with van der Waals surface area (Å²) in [6, 6.07) is 12.4. The predicted octanol–water partition coefficient (Wildman–Crippen LogP) is 6.20. The molecule has 40 heavy (non-hydrogen) atoms. The summed E-state index contributed by atoms with van der Waals surface area (Å²) in [5, 5.41) is 4.53. The second-order valence-electron chi connectivity index (χ2n) is 10.4. The molecule has 0 aliphatic carbocycles. The van der Waals surface area contributed by atoms with Crippen LogP contribution in [0.15, 0.2) is 53.3 Å². The van der Waals surface area contributed by atoms with Gasteiger partial charge in [0.2, 0.25) is 0 Å². The van der Waals surface area contributed by atoms with Crippen molar-refractivity contribution in [2.45, 2.75) is 90.6 Å². The molecule has 0 atom stereocenters. The molecule has 218 valence electrons. The zero-order valence-corrected chi connectivity index (χ0v) is 23.6. The first-order chi connectivity index (χ1) is 18.9. The van der Waals surface area contributed by atoms with Gasteiger partial charge < -0.3 is 9.47 Å². The number of alkyl halides is 3. The van der Waals surface area contributed by atoms with Crippen molar-refractivity contribution in [1.29, 1.82) is 0 Å². The minimum absolute atomic E-state index is 0.0267. The Morgan fingerprint density at radius 3 is 2.33 bits per heavy atom. The Hall–Kier alpha value is -3.56. The molecule has 0 radical (unpaired) electrons. The Bertz CT molecular complexity index is 1310. The van der Waals surface area contributed by atoms with Crippen molar-refractivity contribution in [3.63, 3.8) is 0 Å². The summed E-state index contributed by atoms with van der Waals surface area (Å²) in [6.45, 7) is 5.89. The summed E-state index contributed by atoms with van der Waals surface area (Å²) >= 11 is 0. The highest BCUT2D eigenvalue weighted by atomic mass is 19.4. The van der Waals surface area contributed by atoms with E-state index >= 15 is 0 Å². The molecule has 0 fully saturated rings. The number of carbonyl (C=O) groups is 1. The smallest absolute Gasteiger partial charge is 0.416 e. The first kappa shape index (κ1) is 31.0. The third kappa shape index (κ3) is 8.47. The molecule has 0 saturated heterocycles. The SMILES string of the molecule is CCCCCCn1c(CCCc2ccc(OC(C)(C)C(=O)OC)cc2)nn(Cc2cccc(C(F)(F)F)c2)c1=O. The van der Waals surface area contributed by atoms with Crippen molar-refractivity contribution in [1.82, 2.24) is 14.3 Å². The Morgan fingerprint density at radius 2 is 1.68 bits per heavy atom. The molecule has 0 aliphatic rings. The molecular weight excluding hydrogens is 523 g/mol. The number of esters is 1. The summed E-state index contributed by atoms with van der Waals surface area (Å²) in [5.74, 6) is 0.714. The van der Waals surface area contributed by atoms with Crippen molar-refractivity contribution in [3.8, 4) is 5.75 Å². The predicted molar refractivity (Wildman–Crippen MR) is 146 cm³/mol. The molecule has 3 rings (SSSR count). The molecule has 0 unspecified atom stereocenters. The maximum atomic E-state index is 13.2. The van der Waals surface area contributed by atoms with Crippen LogP contribution in [-0.2, 0) is 41.6 Å². The van der Waals surface area contributed by atoms with Gasteiger partial charge in [0.25, 0.3) is 0 Å². The Kier molecular flexibility index (Phi) is 10.6. The lowest BCUT2D eigenvalue weighted by Gasteiger charge is -2.23. The maximum absolute atomic E-state index is 13.2. The minimum atomic E-state index is -4.45. The van der Waals surface area contributed by atoms with Crippen LogP contribution in [0.1, 0.15) is 75.4 Å². The van der Waals surface area contributed by atoms with Crippen LogP contribution >= 0.6 is 0 Å². The fraction of sp³-hybridized carbons (Fsp3) is 0.500. The number of hydrogen-bond donors (Lipinski definition) is 0. The molecule has 2 aromatic carbocycles. The number of benzene rings is 2. The standard InChI is InChI=1S/C30H38F3N3O4/c1-5-6-7-8-19-35-26(34-36(28(35)38)21-23-12-9-13-24(20-23)30(31,32)33)14-10-11-22-15-17-25(18-16-22)40-29(2,3)27(37)39-4/h9,12-13,15-18,20H,5-8,10-11,14,19,21H2,1-4H3. The second-order valence-corrected chi connectivity index (χ2v) is 10.4. The number of carbonyl (C=O) groups excluding carboxylic acids is 1. The van der Waals surface area contributed by atoms with Crippen LogP contribution in [0.25, 0.3) is 0 Å². The largest absolute Gasteiger partial charge is 0.476 e. The van der Waals surface area contributed by atoms with E-state index in [1.54, 1.807) is 36.6 Å². The number of ether oxygens (including phenoxy) is 2. The number of rotatable bonds is 14. The van der Waals surface area contributed by atoms with Crippen LogP contribution in [0.2, 0.25) is 0 Å². The van der Waals surface area contributed by atoms with E-state index in [9.17, 15) is 22.8 Å². The van der Waals surface area contributed by atoms with Gasteiger partial charge in [-0.25, -0.2) is 14.3 Å². The maximum Gasteiger partial charge on any atom is 0.416 e. The lowest BCUT2D eigenvalue weighted by molar-refractivity contribution is -0.156. The summed E-state index contributed by atoms with van der Waals surface area (Å²) in [6.07, 6.45) is 1.51. The Labute approximate surface area is 232 Å². The van der Waals surface area contributed by atoms with Crippen molar-refractivity contribution in [2.24, 2.45) is 0 Å². The molecule has 0 N–H and O–H groups in total. The third-order valence-corrected chi connectivity index (χ3v) is 6.66. The molecule has 0 aliphatic heterocycles. The lowest BCUT2D eigenvalue weighted by atomic mass is 10.1. The van der Waals surface area contributed by atoms with Gasteiger partial charge in [0.15, 0.2) is 5.60 Å². The van der Waals surface area contributed by atoms with Gasteiger partial charge in [-0.05, 0) is 68.5 Å². The zero-order chi connectivity index (χ0) is 29.3. The zero-order valence-electron chi connectivity index (χ0n) is 23.6. The van der Waals surface area contributed by atoms with E-state index in [1.807, 2.05) is 12.1 Å². The van der Waals surface area contributed by atoms with Crippen LogP contribution in [0.3, 0.4) is 0 Å². The highest BCUT2D eigenvalue weighted by Crippen LogP contribution is 2.29. The number of aryl methyl sites for hydroxylation is 2. The van der Waals surface area contributed by atoms with Crippen LogP contribution < -0.4 is 10.4 Å². The topological polar surface area (TPSA) is 75.3 Å². The molecule has 0 amide bonds. The van der Waals surface area contributed by atoms with E-state index in [4.69, 9.17) is 9.47 Å². The van der Waals surface area contributed by atoms with Gasteiger partial charge in [-0.2, -0.15) is 18.3 Å². The van der Waals surface area contributed by atoms with Crippen LogP contribution in [-0.4, -0.2) is 33.0 Å². The molecule has 0 spiro atoms. The van der Waals surface area contributed by atoms with Gasteiger partial charge >= 0.3 is 17.8 Å². The molecular formula is C30H38F3N3O4. The fourth-order valence-electron chi connectivity index (χ4n) is 4.47. The highest BCUT2D eigenvalue weighted by Gasteiger charge is 2.31. The second kappa shape index (κ2) is 13.7. The van der Waals surface area contributed by atoms with E-state index in [0.29, 0.717) is 30.1 Å². The molecule has 7 nitrogen and oxygen atoms in total. The normalized spacial score (nSPS) is 12.0. The quantitative estimate of drug-likeness (QED) is 0.173. The summed E-state index contributed by atoms with van der Waals surface area (Å²) in [5.41, 5.74) is -0.731. The van der Waals surface area contributed by atoms with Crippen molar-refractivity contribution in [3.05, 3.63) is 81.5 Å². The van der Waals surface area contributed by atoms with E-state index in [-0.39, 0.29) is 12.2 Å². The van der Waals surface area contributed by atoms with Crippen LogP contribution in [0, 0.1) is 0 Å². The van der Waals surface area contributed by atoms with Gasteiger partial charge in [0.05, 0.1) is 19.2 Å². The first-order valence-electron chi connectivity index (χ1n) is 13.6. The van der Waals surface area contributed by atoms with Crippen LogP contribution in [0.4, 0.5) is 13.2 Å².